The molecule has 2 atom stereocenters. The summed E-state index contributed by atoms with van der Waals surface area (Å²) in [5.74, 6) is -0.797. The van der Waals surface area contributed by atoms with Crippen LogP contribution in [0.3, 0.4) is 0 Å². The van der Waals surface area contributed by atoms with Gasteiger partial charge in [0.1, 0.15) is 0 Å². The van der Waals surface area contributed by atoms with Crippen molar-refractivity contribution in [3.05, 3.63) is 46.8 Å². The van der Waals surface area contributed by atoms with Crippen molar-refractivity contribution < 1.29 is 19.2 Å². The average Bonchev–Trinajstić information content (AvgIpc) is 3.20. The van der Waals surface area contributed by atoms with E-state index >= 15 is 0 Å². The molecule has 0 saturated carbocycles. The van der Waals surface area contributed by atoms with E-state index in [0.29, 0.717) is 37.3 Å². The Bertz CT molecular complexity index is 997. The average molecular weight is 394 g/mol. The van der Waals surface area contributed by atoms with Crippen LogP contribution in [-0.2, 0) is 21.4 Å². The van der Waals surface area contributed by atoms with Crippen molar-refractivity contribution >= 4 is 18.5 Å². The summed E-state index contributed by atoms with van der Waals surface area (Å²) in [5.41, 5.74) is 8.42. The lowest BCUT2D eigenvalue weighted by Gasteiger charge is -2.27. The fraction of sp³-hybridized carbons (Fsp3) is 0.450. The van der Waals surface area contributed by atoms with E-state index in [1.807, 2.05) is 32.0 Å². The van der Waals surface area contributed by atoms with Crippen LogP contribution in [0.15, 0.2) is 24.4 Å². The molecule has 8 nitrogen and oxygen atoms in total. The molecule has 150 valence electrons. The van der Waals surface area contributed by atoms with Gasteiger partial charge in [0.25, 0.3) is 5.91 Å². The van der Waals surface area contributed by atoms with Gasteiger partial charge in [0.05, 0.1) is 41.5 Å². The number of benzene rings is 1. The number of hydrogen-bond donors (Lipinski definition) is 2. The Labute approximate surface area is 169 Å². The number of ether oxygens (including phenoxy) is 1. The van der Waals surface area contributed by atoms with Crippen LogP contribution in [0.1, 0.15) is 53.5 Å². The minimum absolute atomic E-state index is 0.230. The first-order valence-electron chi connectivity index (χ1n) is 9.64. The van der Waals surface area contributed by atoms with Crippen LogP contribution < -0.4 is 11.2 Å². The molecular weight excluding hydrogens is 371 g/mol. The summed E-state index contributed by atoms with van der Waals surface area (Å²) in [6, 6.07) is 7.80. The summed E-state index contributed by atoms with van der Waals surface area (Å²) in [6.07, 6.45) is 2.60. The van der Waals surface area contributed by atoms with Gasteiger partial charge in [-0.25, -0.2) is 0 Å². The third-order valence-electron chi connectivity index (χ3n) is 5.71. The summed E-state index contributed by atoms with van der Waals surface area (Å²) in [5, 5.41) is 24.2. The predicted octanol–water partition coefficient (Wildman–Crippen LogP) is 0.627. The number of nitrogens with zero attached hydrogens (tertiary/aromatic N) is 3. The molecule has 1 fully saturated rings. The highest BCUT2D eigenvalue weighted by atomic mass is 16.5. The van der Waals surface area contributed by atoms with Gasteiger partial charge >= 0.3 is 7.12 Å². The van der Waals surface area contributed by atoms with Gasteiger partial charge in [-0.15, -0.1) is 0 Å². The largest absolute Gasteiger partial charge is 0.492 e. The number of nitriles is 1. The molecule has 3 heterocycles. The molecule has 1 saturated heterocycles. The Balaban J connectivity index is 1.66. The van der Waals surface area contributed by atoms with E-state index in [1.165, 1.54) is 0 Å². The SMILES string of the molecule is CC1(C)OB(O)c2cc(Cc3nn(C4COCC[C@H]4C#N)cc3C(N)=O)ccc21. The van der Waals surface area contributed by atoms with Crippen LogP contribution in [0.5, 0.6) is 0 Å². The van der Waals surface area contributed by atoms with E-state index in [1.54, 1.807) is 10.9 Å². The highest BCUT2D eigenvalue weighted by Crippen LogP contribution is 2.31. The highest BCUT2D eigenvalue weighted by Gasteiger charge is 2.40. The second-order valence-corrected chi connectivity index (χ2v) is 8.08. The van der Waals surface area contributed by atoms with E-state index in [0.717, 1.165) is 16.6 Å². The van der Waals surface area contributed by atoms with Gasteiger partial charge < -0.3 is 20.1 Å². The normalized spacial score (nSPS) is 22.9. The maximum Gasteiger partial charge on any atom is 0.492 e. The first-order chi connectivity index (χ1) is 13.8. The number of nitrogens with two attached hydrogens (primary N) is 1. The van der Waals surface area contributed by atoms with Crippen LogP contribution in [0.4, 0.5) is 0 Å². The minimum Gasteiger partial charge on any atom is -0.423 e. The Kier molecular flexibility index (Phi) is 4.94. The molecule has 0 spiro atoms. The van der Waals surface area contributed by atoms with Crippen LogP contribution in [0, 0.1) is 17.2 Å². The number of primary amides is 1. The van der Waals surface area contributed by atoms with E-state index < -0.39 is 18.6 Å². The van der Waals surface area contributed by atoms with Gasteiger partial charge in [-0.2, -0.15) is 10.4 Å². The molecule has 1 amide bonds. The Hall–Kier alpha value is -2.67. The van der Waals surface area contributed by atoms with Crippen LogP contribution in [0.25, 0.3) is 0 Å². The lowest BCUT2D eigenvalue weighted by molar-refractivity contribution is 0.0339. The van der Waals surface area contributed by atoms with Crippen molar-refractivity contribution in [1.29, 1.82) is 5.26 Å². The van der Waals surface area contributed by atoms with Crippen molar-refractivity contribution in [3.8, 4) is 6.07 Å². The van der Waals surface area contributed by atoms with Crippen LogP contribution >= 0.6 is 0 Å². The van der Waals surface area contributed by atoms with E-state index in [-0.39, 0.29) is 12.0 Å². The third kappa shape index (κ3) is 3.55. The number of carbonyl (C=O) groups excluding carboxylic acids is 1. The first-order valence-corrected chi connectivity index (χ1v) is 9.64. The molecule has 1 aromatic heterocycles. The molecule has 0 bridgehead atoms. The zero-order valence-corrected chi connectivity index (χ0v) is 16.5. The van der Waals surface area contributed by atoms with Gasteiger partial charge in [0, 0.05) is 19.2 Å². The van der Waals surface area contributed by atoms with Crippen molar-refractivity contribution in [2.45, 2.75) is 38.3 Å². The quantitative estimate of drug-likeness (QED) is 0.733. The molecule has 2 aliphatic heterocycles. The van der Waals surface area contributed by atoms with Crippen LogP contribution in [0.2, 0.25) is 0 Å². The Morgan fingerprint density at radius 3 is 3.03 bits per heavy atom. The topological polar surface area (TPSA) is 123 Å². The molecule has 1 unspecified atom stereocenters. The molecule has 4 rings (SSSR count). The lowest BCUT2D eigenvalue weighted by atomic mass is 9.77. The fourth-order valence-electron chi connectivity index (χ4n) is 4.14. The van der Waals surface area contributed by atoms with Gasteiger partial charge in [-0.1, -0.05) is 18.2 Å². The lowest BCUT2D eigenvalue weighted by Crippen LogP contribution is -2.30. The van der Waals surface area contributed by atoms with Crippen molar-refractivity contribution in [1.82, 2.24) is 9.78 Å². The first kappa shape index (κ1) is 19.6. The number of hydrogen-bond acceptors (Lipinski definition) is 6. The number of carbonyl (C=O) groups is 1. The zero-order valence-electron chi connectivity index (χ0n) is 16.5. The van der Waals surface area contributed by atoms with Gasteiger partial charge in [-0.3, -0.25) is 9.48 Å². The number of rotatable bonds is 4. The maximum absolute atomic E-state index is 12.0. The molecular formula is C20H23BN4O4. The third-order valence-corrected chi connectivity index (χ3v) is 5.71. The molecule has 29 heavy (non-hydrogen) atoms. The molecule has 3 N–H and O–H groups in total. The number of amides is 1. The summed E-state index contributed by atoms with van der Waals surface area (Å²) in [7, 11) is -0.983. The smallest absolute Gasteiger partial charge is 0.423 e. The summed E-state index contributed by atoms with van der Waals surface area (Å²) in [4.78, 5) is 12.0. The van der Waals surface area contributed by atoms with Crippen molar-refractivity contribution in [2.24, 2.45) is 11.7 Å². The number of aromatic nitrogens is 2. The molecule has 2 aromatic rings. The summed E-state index contributed by atoms with van der Waals surface area (Å²) < 4.78 is 12.8. The highest BCUT2D eigenvalue weighted by molar-refractivity contribution is 6.62. The molecule has 1 aromatic carbocycles. The van der Waals surface area contributed by atoms with E-state index in [2.05, 4.69) is 11.2 Å². The fourth-order valence-corrected chi connectivity index (χ4v) is 4.14. The van der Waals surface area contributed by atoms with E-state index in [9.17, 15) is 15.1 Å². The number of fused-ring (bicyclic) bond motifs is 1. The Morgan fingerprint density at radius 2 is 2.31 bits per heavy atom. The van der Waals surface area contributed by atoms with Gasteiger partial charge in [-0.05, 0) is 36.9 Å². The standard InChI is InChI=1S/C20H23BN4O4/c1-20(2)15-4-3-12(7-16(15)21(27)29-20)8-17-14(19(23)26)10-25(24-17)18-11-28-6-5-13(18)9-22/h3-4,7,10,13,18,27H,5-6,8,11H2,1-2H3,(H2,23,26)/t13-,18?/m0/s1. The second-order valence-electron chi connectivity index (χ2n) is 8.08. The van der Waals surface area contributed by atoms with Crippen molar-refractivity contribution in [3.63, 3.8) is 0 Å². The zero-order chi connectivity index (χ0) is 20.8. The summed E-state index contributed by atoms with van der Waals surface area (Å²) >= 11 is 0. The van der Waals surface area contributed by atoms with Crippen LogP contribution in [-0.4, -0.2) is 41.0 Å². The van der Waals surface area contributed by atoms with Gasteiger partial charge in [0.2, 0.25) is 0 Å². The predicted molar refractivity (Wildman–Crippen MR) is 105 cm³/mol. The minimum atomic E-state index is -0.983. The molecule has 0 aliphatic carbocycles. The summed E-state index contributed by atoms with van der Waals surface area (Å²) in [6.45, 7) is 4.73. The van der Waals surface area contributed by atoms with Crippen molar-refractivity contribution in [2.75, 3.05) is 13.2 Å². The van der Waals surface area contributed by atoms with E-state index in [4.69, 9.17) is 15.1 Å². The van der Waals surface area contributed by atoms with Gasteiger partial charge in [0.15, 0.2) is 0 Å². The maximum atomic E-state index is 12.0. The molecule has 0 radical (unpaired) electrons. The Morgan fingerprint density at radius 1 is 1.52 bits per heavy atom. The molecule has 2 aliphatic rings. The monoisotopic (exact) mass is 394 g/mol. The second kappa shape index (κ2) is 7.30. The molecule has 9 heteroatoms.